The van der Waals surface area contributed by atoms with Gasteiger partial charge in [-0.25, -0.2) is 0 Å². The fraction of sp³-hybridized carbons (Fsp3) is 0.385. The minimum Gasteiger partial charge on any atom is -0.399 e. The summed E-state index contributed by atoms with van der Waals surface area (Å²) < 4.78 is 0. The molecule has 19 heavy (non-hydrogen) atoms. The Hall–Kier alpha value is -1.75. The molecule has 0 aliphatic heterocycles. The number of amides is 2. The van der Waals surface area contributed by atoms with Gasteiger partial charge in [-0.2, -0.15) is 0 Å². The van der Waals surface area contributed by atoms with E-state index in [0.29, 0.717) is 22.8 Å². The maximum atomic E-state index is 12.3. The first-order valence-electron chi connectivity index (χ1n) is 5.91. The van der Waals surface area contributed by atoms with Gasteiger partial charge in [0, 0.05) is 26.3 Å². The Morgan fingerprint density at radius 2 is 1.95 bits per heavy atom. The minimum atomic E-state index is -0.296. The second kappa shape index (κ2) is 6.43. The molecule has 0 bridgehead atoms. The second-order valence-electron chi connectivity index (χ2n) is 4.35. The summed E-state index contributed by atoms with van der Waals surface area (Å²) in [4.78, 5) is 26.9. The Kier molecular flexibility index (Phi) is 5.18. The van der Waals surface area contributed by atoms with Crippen LogP contribution in [0.15, 0.2) is 18.2 Å². The largest absolute Gasteiger partial charge is 0.399 e. The van der Waals surface area contributed by atoms with Crippen molar-refractivity contribution in [3.63, 3.8) is 0 Å². The normalized spacial score (nSPS) is 10.1. The van der Waals surface area contributed by atoms with Crippen LogP contribution in [-0.4, -0.2) is 48.8 Å². The fourth-order valence-corrected chi connectivity index (χ4v) is 1.71. The van der Waals surface area contributed by atoms with Crippen molar-refractivity contribution in [2.45, 2.75) is 6.92 Å². The Balaban J connectivity index is 2.95. The van der Waals surface area contributed by atoms with Crippen LogP contribution in [0.3, 0.4) is 0 Å². The Morgan fingerprint density at radius 3 is 2.47 bits per heavy atom. The van der Waals surface area contributed by atoms with Gasteiger partial charge in [-0.05, 0) is 25.1 Å². The Bertz CT molecular complexity index is 489. The number of carbonyl (C=O) groups is 2. The predicted molar refractivity (Wildman–Crippen MR) is 76.1 cm³/mol. The SMILES string of the molecule is CCN(CC(=O)N(C)C)C(=O)c1cc(N)ccc1Cl. The van der Waals surface area contributed by atoms with Gasteiger partial charge in [0.05, 0.1) is 17.1 Å². The molecule has 0 saturated heterocycles. The molecule has 1 aromatic carbocycles. The number of carbonyl (C=O) groups excluding carboxylic acids is 2. The van der Waals surface area contributed by atoms with Crippen LogP contribution in [0.5, 0.6) is 0 Å². The zero-order valence-corrected chi connectivity index (χ0v) is 12.1. The number of hydrogen-bond donors (Lipinski definition) is 1. The molecule has 0 aliphatic rings. The number of nitrogens with two attached hydrogens (primary N) is 1. The van der Waals surface area contributed by atoms with Crippen molar-refractivity contribution in [1.82, 2.24) is 9.80 Å². The van der Waals surface area contributed by atoms with E-state index in [-0.39, 0.29) is 18.4 Å². The number of anilines is 1. The Morgan fingerprint density at radius 1 is 1.32 bits per heavy atom. The highest BCUT2D eigenvalue weighted by molar-refractivity contribution is 6.34. The molecule has 0 atom stereocenters. The molecule has 0 unspecified atom stereocenters. The van der Waals surface area contributed by atoms with Gasteiger partial charge >= 0.3 is 0 Å². The van der Waals surface area contributed by atoms with E-state index in [9.17, 15) is 9.59 Å². The summed E-state index contributed by atoms with van der Waals surface area (Å²) in [5.41, 5.74) is 6.43. The monoisotopic (exact) mass is 283 g/mol. The Labute approximate surface area is 117 Å². The highest BCUT2D eigenvalue weighted by Crippen LogP contribution is 2.20. The average molecular weight is 284 g/mol. The first-order valence-corrected chi connectivity index (χ1v) is 6.29. The maximum Gasteiger partial charge on any atom is 0.255 e. The summed E-state index contributed by atoms with van der Waals surface area (Å²) in [6, 6.07) is 4.72. The van der Waals surface area contributed by atoms with Gasteiger partial charge in [0.15, 0.2) is 0 Å². The standard InChI is InChI=1S/C13H18ClN3O2/c1-4-17(8-12(18)16(2)3)13(19)10-7-9(15)5-6-11(10)14/h5-7H,4,8,15H2,1-3H3. The topological polar surface area (TPSA) is 66.6 Å². The molecule has 1 aromatic rings. The van der Waals surface area contributed by atoms with E-state index in [4.69, 9.17) is 17.3 Å². The van der Waals surface area contributed by atoms with Gasteiger partial charge in [0.1, 0.15) is 0 Å². The number of likely N-dealkylation sites (N-methyl/N-ethyl adjacent to an activating group) is 2. The van der Waals surface area contributed by atoms with E-state index in [1.165, 1.54) is 15.9 Å². The first-order chi connectivity index (χ1) is 8.86. The highest BCUT2D eigenvalue weighted by Gasteiger charge is 2.20. The molecule has 2 N–H and O–H groups in total. The summed E-state index contributed by atoms with van der Waals surface area (Å²) in [5, 5.41) is 0.329. The summed E-state index contributed by atoms with van der Waals surface area (Å²) in [6.45, 7) is 2.25. The highest BCUT2D eigenvalue weighted by atomic mass is 35.5. The first kappa shape index (κ1) is 15.3. The van der Waals surface area contributed by atoms with Gasteiger partial charge in [-0.3, -0.25) is 9.59 Å². The molecule has 104 valence electrons. The van der Waals surface area contributed by atoms with Crippen molar-refractivity contribution in [3.8, 4) is 0 Å². The number of halogens is 1. The molecule has 0 saturated carbocycles. The minimum absolute atomic E-state index is 0.0213. The van der Waals surface area contributed by atoms with E-state index in [1.54, 1.807) is 33.2 Å². The smallest absolute Gasteiger partial charge is 0.255 e. The predicted octanol–water partition coefficient (Wildman–Crippen LogP) is 1.47. The number of hydrogen-bond acceptors (Lipinski definition) is 3. The van der Waals surface area contributed by atoms with Gasteiger partial charge in [0.2, 0.25) is 5.91 Å². The van der Waals surface area contributed by atoms with Crippen molar-refractivity contribution in [2.24, 2.45) is 0 Å². The van der Waals surface area contributed by atoms with Crippen molar-refractivity contribution < 1.29 is 9.59 Å². The van der Waals surface area contributed by atoms with Gasteiger partial charge in [-0.15, -0.1) is 0 Å². The molecular weight excluding hydrogens is 266 g/mol. The molecular formula is C13H18ClN3O2. The number of rotatable bonds is 4. The summed E-state index contributed by atoms with van der Waals surface area (Å²) in [6.07, 6.45) is 0. The van der Waals surface area contributed by atoms with Gasteiger partial charge in [-0.1, -0.05) is 11.6 Å². The van der Waals surface area contributed by atoms with Crippen LogP contribution in [0.25, 0.3) is 0 Å². The zero-order valence-electron chi connectivity index (χ0n) is 11.3. The molecule has 1 rings (SSSR count). The van der Waals surface area contributed by atoms with E-state index in [0.717, 1.165) is 0 Å². The lowest BCUT2D eigenvalue weighted by molar-refractivity contribution is -0.129. The summed E-state index contributed by atoms with van der Waals surface area (Å²) in [7, 11) is 3.29. The lowest BCUT2D eigenvalue weighted by atomic mass is 10.1. The maximum absolute atomic E-state index is 12.3. The van der Waals surface area contributed by atoms with Crippen LogP contribution in [-0.2, 0) is 4.79 Å². The van der Waals surface area contributed by atoms with Crippen LogP contribution in [0.2, 0.25) is 5.02 Å². The molecule has 6 heteroatoms. The molecule has 0 aromatic heterocycles. The lowest BCUT2D eigenvalue weighted by Gasteiger charge is -2.22. The third-order valence-corrected chi connectivity index (χ3v) is 3.04. The van der Waals surface area contributed by atoms with Gasteiger partial charge < -0.3 is 15.5 Å². The zero-order chi connectivity index (χ0) is 14.6. The van der Waals surface area contributed by atoms with Crippen LogP contribution < -0.4 is 5.73 Å². The summed E-state index contributed by atoms with van der Waals surface area (Å²) >= 11 is 5.99. The van der Waals surface area contributed by atoms with Gasteiger partial charge in [0.25, 0.3) is 5.91 Å². The van der Waals surface area contributed by atoms with E-state index in [1.807, 2.05) is 0 Å². The molecule has 5 nitrogen and oxygen atoms in total. The summed E-state index contributed by atoms with van der Waals surface area (Å²) in [5.74, 6) is -0.440. The van der Waals surface area contributed by atoms with E-state index in [2.05, 4.69) is 0 Å². The fourth-order valence-electron chi connectivity index (χ4n) is 1.51. The molecule has 2 amide bonds. The average Bonchev–Trinajstić information content (AvgIpc) is 2.37. The number of nitrogen functional groups attached to an aromatic ring is 1. The number of nitrogens with zero attached hydrogens (tertiary/aromatic N) is 2. The van der Waals surface area contributed by atoms with Crippen LogP contribution in [0.4, 0.5) is 5.69 Å². The number of benzene rings is 1. The van der Waals surface area contributed by atoms with Crippen LogP contribution in [0, 0.1) is 0 Å². The van der Waals surface area contributed by atoms with Crippen LogP contribution in [0.1, 0.15) is 17.3 Å². The molecule has 0 heterocycles. The van der Waals surface area contributed by atoms with Crippen molar-refractivity contribution >= 4 is 29.1 Å². The molecule has 0 aliphatic carbocycles. The molecule has 0 fully saturated rings. The van der Waals surface area contributed by atoms with Crippen LogP contribution >= 0.6 is 11.6 Å². The van der Waals surface area contributed by atoms with Crippen molar-refractivity contribution in [1.29, 1.82) is 0 Å². The quantitative estimate of drug-likeness (QED) is 0.851. The lowest BCUT2D eigenvalue weighted by Crippen LogP contribution is -2.40. The second-order valence-corrected chi connectivity index (χ2v) is 4.75. The third kappa shape index (κ3) is 3.86. The molecule has 0 radical (unpaired) electrons. The van der Waals surface area contributed by atoms with Crippen molar-refractivity contribution in [2.75, 3.05) is 32.9 Å². The third-order valence-electron chi connectivity index (χ3n) is 2.71. The molecule has 0 spiro atoms. The van der Waals surface area contributed by atoms with E-state index >= 15 is 0 Å². The van der Waals surface area contributed by atoms with E-state index < -0.39 is 0 Å². The van der Waals surface area contributed by atoms with Crippen molar-refractivity contribution in [3.05, 3.63) is 28.8 Å².